The van der Waals surface area contributed by atoms with Gasteiger partial charge in [0.15, 0.2) is 5.82 Å². The summed E-state index contributed by atoms with van der Waals surface area (Å²) in [6.45, 7) is 0.672. The van der Waals surface area contributed by atoms with E-state index in [4.69, 9.17) is 11.6 Å². The van der Waals surface area contributed by atoms with E-state index < -0.39 is 12.2 Å². The molecule has 1 fully saturated rings. The van der Waals surface area contributed by atoms with E-state index in [1.54, 1.807) is 11.0 Å². The van der Waals surface area contributed by atoms with Gasteiger partial charge in [-0.3, -0.25) is 0 Å². The Morgan fingerprint density at radius 1 is 1.05 bits per heavy atom. The number of β-amino-alcohol motifs (C(OH)–C–C–N with tert-alkyl or cyclic N) is 2. The van der Waals surface area contributed by atoms with Crippen molar-refractivity contribution < 1.29 is 10.2 Å². The van der Waals surface area contributed by atoms with Gasteiger partial charge in [0.25, 0.3) is 0 Å². The van der Waals surface area contributed by atoms with Crippen LogP contribution in [-0.4, -0.2) is 45.5 Å². The molecule has 0 radical (unpaired) electrons. The normalized spacial score (nSPS) is 22.2. The third-order valence-corrected chi connectivity index (χ3v) is 3.49. The second kappa shape index (κ2) is 5.36. The van der Waals surface area contributed by atoms with Crippen molar-refractivity contribution in [3.05, 3.63) is 41.6 Å². The van der Waals surface area contributed by atoms with E-state index in [0.717, 1.165) is 5.56 Å². The number of hydrogen-bond acceptors (Lipinski definition) is 5. The van der Waals surface area contributed by atoms with Gasteiger partial charge >= 0.3 is 0 Å². The summed E-state index contributed by atoms with van der Waals surface area (Å²) < 4.78 is 0. The minimum Gasteiger partial charge on any atom is -0.389 e. The number of aliphatic hydroxyl groups is 2. The SMILES string of the molecule is OC1CN(c2cc(Cl)nc(-c3ccccc3)n2)CC1O. The Hall–Kier alpha value is -1.69. The minimum absolute atomic E-state index is 0.336. The number of halogens is 1. The number of aromatic nitrogens is 2. The first-order chi connectivity index (χ1) is 9.63. The highest BCUT2D eigenvalue weighted by Gasteiger charge is 2.30. The summed E-state index contributed by atoms with van der Waals surface area (Å²) in [5.41, 5.74) is 0.872. The van der Waals surface area contributed by atoms with Crippen molar-refractivity contribution in [2.45, 2.75) is 12.2 Å². The van der Waals surface area contributed by atoms with Crippen LogP contribution in [-0.2, 0) is 0 Å². The van der Waals surface area contributed by atoms with Gasteiger partial charge in [0.1, 0.15) is 11.0 Å². The number of anilines is 1. The predicted octanol–water partition coefficient (Wildman–Crippen LogP) is 1.34. The average molecular weight is 292 g/mol. The van der Waals surface area contributed by atoms with Gasteiger partial charge in [-0.05, 0) is 0 Å². The molecule has 2 aromatic rings. The molecule has 3 rings (SSSR count). The molecule has 5 nitrogen and oxygen atoms in total. The lowest BCUT2D eigenvalue weighted by Gasteiger charge is -2.17. The monoisotopic (exact) mass is 291 g/mol. The van der Waals surface area contributed by atoms with Crippen molar-refractivity contribution in [3.8, 4) is 11.4 Å². The van der Waals surface area contributed by atoms with Crippen LogP contribution in [0.3, 0.4) is 0 Å². The van der Waals surface area contributed by atoms with Crippen molar-refractivity contribution >= 4 is 17.4 Å². The summed E-state index contributed by atoms with van der Waals surface area (Å²) in [5.74, 6) is 1.14. The van der Waals surface area contributed by atoms with Crippen molar-refractivity contribution in [3.63, 3.8) is 0 Å². The highest BCUT2D eigenvalue weighted by molar-refractivity contribution is 6.29. The molecule has 1 aromatic carbocycles. The van der Waals surface area contributed by atoms with Crippen molar-refractivity contribution in [1.29, 1.82) is 0 Å². The summed E-state index contributed by atoms with van der Waals surface area (Å²) in [6.07, 6.45) is -1.52. The first-order valence-electron chi connectivity index (χ1n) is 6.34. The van der Waals surface area contributed by atoms with Crippen LogP contribution in [0.5, 0.6) is 0 Å². The maximum atomic E-state index is 9.62. The molecule has 2 N–H and O–H groups in total. The molecule has 0 amide bonds. The van der Waals surface area contributed by atoms with Gasteiger partial charge in [0.2, 0.25) is 0 Å². The first-order valence-corrected chi connectivity index (χ1v) is 6.72. The number of aliphatic hydroxyl groups excluding tert-OH is 2. The summed E-state index contributed by atoms with van der Waals surface area (Å²) in [5, 5.41) is 19.6. The van der Waals surface area contributed by atoms with Gasteiger partial charge in [-0.2, -0.15) is 0 Å². The second-order valence-electron chi connectivity index (χ2n) is 4.78. The average Bonchev–Trinajstić information content (AvgIpc) is 2.79. The Kier molecular flexibility index (Phi) is 3.56. The fourth-order valence-electron chi connectivity index (χ4n) is 2.24. The molecule has 2 heterocycles. The predicted molar refractivity (Wildman–Crippen MR) is 76.7 cm³/mol. The van der Waals surface area contributed by atoms with E-state index in [2.05, 4.69) is 9.97 Å². The number of benzene rings is 1. The molecule has 0 spiro atoms. The molecule has 6 heteroatoms. The second-order valence-corrected chi connectivity index (χ2v) is 5.17. The van der Waals surface area contributed by atoms with Crippen LogP contribution < -0.4 is 4.90 Å². The third kappa shape index (κ3) is 2.60. The molecule has 0 bridgehead atoms. The van der Waals surface area contributed by atoms with Gasteiger partial charge in [0.05, 0.1) is 12.2 Å². The van der Waals surface area contributed by atoms with Gasteiger partial charge in [-0.15, -0.1) is 0 Å². The van der Waals surface area contributed by atoms with Gasteiger partial charge in [-0.25, -0.2) is 9.97 Å². The molecule has 20 heavy (non-hydrogen) atoms. The van der Waals surface area contributed by atoms with Crippen LogP contribution in [0.1, 0.15) is 0 Å². The van der Waals surface area contributed by atoms with Gasteiger partial charge in [-0.1, -0.05) is 41.9 Å². The Morgan fingerprint density at radius 2 is 1.70 bits per heavy atom. The molecule has 2 unspecified atom stereocenters. The van der Waals surface area contributed by atoms with Crippen LogP contribution in [0, 0.1) is 0 Å². The zero-order valence-corrected chi connectivity index (χ0v) is 11.4. The zero-order chi connectivity index (χ0) is 14.1. The minimum atomic E-state index is -0.760. The van der Waals surface area contributed by atoms with E-state index in [9.17, 15) is 10.2 Å². The Labute approximate surface area is 121 Å². The highest BCUT2D eigenvalue weighted by Crippen LogP contribution is 2.25. The molecular weight excluding hydrogens is 278 g/mol. The zero-order valence-electron chi connectivity index (χ0n) is 10.6. The molecule has 1 aliphatic rings. The van der Waals surface area contributed by atoms with Crippen LogP contribution >= 0.6 is 11.6 Å². The van der Waals surface area contributed by atoms with Crippen LogP contribution in [0.15, 0.2) is 36.4 Å². The maximum Gasteiger partial charge on any atom is 0.163 e. The highest BCUT2D eigenvalue weighted by atomic mass is 35.5. The lowest BCUT2D eigenvalue weighted by atomic mass is 10.2. The first kappa shape index (κ1) is 13.3. The lowest BCUT2D eigenvalue weighted by molar-refractivity contribution is 0.0572. The van der Waals surface area contributed by atoms with E-state index in [0.29, 0.717) is 29.9 Å². The summed E-state index contributed by atoms with van der Waals surface area (Å²) >= 11 is 6.05. The number of nitrogens with zero attached hydrogens (tertiary/aromatic N) is 3. The fraction of sp³-hybridized carbons (Fsp3) is 0.286. The quantitative estimate of drug-likeness (QED) is 0.817. The summed E-state index contributed by atoms with van der Waals surface area (Å²) in [4.78, 5) is 10.5. The molecule has 2 atom stereocenters. The fourth-order valence-corrected chi connectivity index (χ4v) is 2.42. The number of hydrogen-bond donors (Lipinski definition) is 2. The smallest absolute Gasteiger partial charge is 0.163 e. The Balaban J connectivity index is 1.96. The van der Waals surface area contributed by atoms with Crippen molar-refractivity contribution in [1.82, 2.24) is 9.97 Å². The maximum absolute atomic E-state index is 9.62. The molecular formula is C14H14ClN3O2. The standard InChI is InChI=1S/C14H14ClN3O2/c15-12-6-13(18-7-10(19)11(20)8-18)17-14(16-12)9-4-2-1-3-5-9/h1-6,10-11,19-20H,7-8H2. The Morgan fingerprint density at radius 3 is 2.35 bits per heavy atom. The van der Waals surface area contributed by atoms with Gasteiger partial charge in [0, 0.05) is 24.7 Å². The van der Waals surface area contributed by atoms with E-state index in [1.165, 1.54) is 0 Å². The third-order valence-electron chi connectivity index (χ3n) is 3.30. The van der Waals surface area contributed by atoms with Crippen LogP contribution in [0.4, 0.5) is 5.82 Å². The van der Waals surface area contributed by atoms with E-state index in [1.807, 2.05) is 30.3 Å². The van der Waals surface area contributed by atoms with Crippen molar-refractivity contribution in [2.75, 3.05) is 18.0 Å². The molecule has 1 aromatic heterocycles. The largest absolute Gasteiger partial charge is 0.389 e. The summed E-state index contributed by atoms with van der Waals surface area (Å²) in [7, 11) is 0. The van der Waals surface area contributed by atoms with Crippen LogP contribution in [0.25, 0.3) is 11.4 Å². The van der Waals surface area contributed by atoms with Crippen LogP contribution in [0.2, 0.25) is 5.15 Å². The number of rotatable bonds is 2. The molecule has 0 saturated carbocycles. The van der Waals surface area contributed by atoms with Gasteiger partial charge < -0.3 is 15.1 Å². The molecule has 1 saturated heterocycles. The molecule has 104 valence electrons. The topological polar surface area (TPSA) is 69.5 Å². The summed E-state index contributed by atoms with van der Waals surface area (Å²) in [6, 6.07) is 11.2. The van der Waals surface area contributed by atoms with E-state index in [-0.39, 0.29) is 0 Å². The molecule has 0 aliphatic carbocycles. The van der Waals surface area contributed by atoms with Crippen molar-refractivity contribution in [2.24, 2.45) is 0 Å². The van der Waals surface area contributed by atoms with E-state index >= 15 is 0 Å². The lowest BCUT2D eigenvalue weighted by Crippen LogP contribution is -2.22. The Bertz CT molecular complexity index is 599. The molecule has 1 aliphatic heterocycles.